The van der Waals surface area contributed by atoms with Gasteiger partial charge in [-0.2, -0.15) is 0 Å². The van der Waals surface area contributed by atoms with Gasteiger partial charge in [-0.25, -0.2) is 14.8 Å². The van der Waals surface area contributed by atoms with Crippen molar-refractivity contribution >= 4 is 11.8 Å². The second-order valence-electron chi connectivity index (χ2n) is 3.28. The molecule has 6 nitrogen and oxygen atoms in total. The van der Waals surface area contributed by atoms with Crippen molar-refractivity contribution in [2.45, 2.75) is 13.3 Å². The highest BCUT2D eigenvalue weighted by atomic mass is 16.4. The van der Waals surface area contributed by atoms with E-state index in [4.69, 9.17) is 10.2 Å². The Hall–Kier alpha value is -1.69. The quantitative estimate of drug-likeness (QED) is 0.728. The molecule has 2 N–H and O–H groups in total. The van der Waals surface area contributed by atoms with Crippen molar-refractivity contribution < 1.29 is 15.0 Å². The van der Waals surface area contributed by atoms with Gasteiger partial charge in [0, 0.05) is 13.1 Å². The maximum absolute atomic E-state index is 10.6. The summed E-state index contributed by atoms with van der Waals surface area (Å²) < 4.78 is 0. The number of anilines is 1. The number of hydrogen-bond acceptors (Lipinski definition) is 5. The van der Waals surface area contributed by atoms with Crippen molar-refractivity contribution in [2.75, 3.05) is 24.6 Å². The molecule has 0 spiro atoms. The first-order valence-electron chi connectivity index (χ1n) is 5.10. The van der Waals surface area contributed by atoms with Gasteiger partial charge < -0.3 is 15.1 Å². The van der Waals surface area contributed by atoms with Gasteiger partial charge in [0.2, 0.25) is 0 Å². The fraction of sp³-hybridized carbons (Fsp3) is 0.500. The van der Waals surface area contributed by atoms with Crippen LogP contribution in [0.3, 0.4) is 0 Å². The lowest BCUT2D eigenvalue weighted by molar-refractivity contribution is 0.0690. The molecule has 0 aliphatic rings. The van der Waals surface area contributed by atoms with Crippen molar-refractivity contribution in [2.24, 2.45) is 0 Å². The van der Waals surface area contributed by atoms with Crippen LogP contribution in [0.2, 0.25) is 0 Å². The zero-order valence-electron chi connectivity index (χ0n) is 9.13. The SMILES string of the molecule is CCCN(CCO)c1cnc(C(=O)O)cn1. The Morgan fingerprint density at radius 3 is 2.56 bits per heavy atom. The van der Waals surface area contributed by atoms with Gasteiger partial charge in [0.15, 0.2) is 5.69 Å². The highest BCUT2D eigenvalue weighted by Gasteiger charge is 2.09. The summed E-state index contributed by atoms with van der Waals surface area (Å²) in [5, 5.41) is 17.5. The fourth-order valence-corrected chi connectivity index (χ4v) is 1.33. The van der Waals surface area contributed by atoms with Crippen LogP contribution in [0.5, 0.6) is 0 Å². The highest BCUT2D eigenvalue weighted by Crippen LogP contribution is 2.09. The molecule has 0 atom stereocenters. The third-order valence-corrected chi connectivity index (χ3v) is 2.04. The zero-order chi connectivity index (χ0) is 12.0. The summed E-state index contributed by atoms with van der Waals surface area (Å²) >= 11 is 0. The molecule has 0 amide bonds. The largest absolute Gasteiger partial charge is 0.476 e. The standard InChI is InChI=1S/C10H15N3O3/c1-2-3-13(4-5-14)9-7-11-8(6-12-9)10(15)16/h6-7,14H,2-5H2,1H3,(H,15,16). The number of aromatic nitrogens is 2. The predicted molar refractivity (Wildman–Crippen MR) is 58.6 cm³/mol. The van der Waals surface area contributed by atoms with Crippen LogP contribution in [0.4, 0.5) is 5.82 Å². The van der Waals surface area contributed by atoms with E-state index in [1.165, 1.54) is 12.4 Å². The maximum atomic E-state index is 10.6. The van der Waals surface area contributed by atoms with Crippen LogP contribution >= 0.6 is 0 Å². The number of aromatic carboxylic acids is 1. The molecule has 16 heavy (non-hydrogen) atoms. The van der Waals surface area contributed by atoms with Crippen LogP contribution in [-0.2, 0) is 0 Å². The fourth-order valence-electron chi connectivity index (χ4n) is 1.33. The summed E-state index contributed by atoms with van der Waals surface area (Å²) in [5.74, 6) is -0.510. The molecule has 1 rings (SSSR count). The molecule has 0 bridgehead atoms. The van der Waals surface area contributed by atoms with Crippen LogP contribution in [0, 0.1) is 0 Å². The molecule has 0 aliphatic carbocycles. The topological polar surface area (TPSA) is 86.5 Å². The van der Waals surface area contributed by atoms with Crippen LogP contribution in [0.25, 0.3) is 0 Å². The lowest BCUT2D eigenvalue weighted by Gasteiger charge is -2.21. The molecule has 0 radical (unpaired) electrons. The average Bonchev–Trinajstić information content (AvgIpc) is 2.29. The number of aliphatic hydroxyl groups excluding tert-OH is 1. The first-order chi connectivity index (χ1) is 7.69. The van der Waals surface area contributed by atoms with E-state index in [0.29, 0.717) is 12.4 Å². The number of carboxylic acid groups (broad SMARTS) is 1. The van der Waals surface area contributed by atoms with Crippen molar-refractivity contribution in [1.29, 1.82) is 0 Å². The summed E-state index contributed by atoms with van der Waals surface area (Å²) in [6.07, 6.45) is 3.55. The molecule has 1 aromatic heterocycles. The summed E-state index contributed by atoms with van der Waals surface area (Å²) in [6.45, 7) is 3.27. The molecule has 0 unspecified atom stereocenters. The molecule has 0 aliphatic heterocycles. The first kappa shape index (κ1) is 12.4. The number of nitrogens with zero attached hydrogens (tertiary/aromatic N) is 3. The summed E-state index contributed by atoms with van der Waals surface area (Å²) in [5.41, 5.74) is -0.0794. The minimum atomic E-state index is -1.09. The molecular formula is C10H15N3O3. The molecule has 6 heteroatoms. The van der Waals surface area contributed by atoms with E-state index < -0.39 is 5.97 Å². The minimum absolute atomic E-state index is 0.0301. The van der Waals surface area contributed by atoms with E-state index in [1.54, 1.807) is 0 Å². The zero-order valence-corrected chi connectivity index (χ0v) is 9.13. The Bertz CT molecular complexity index is 334. The van der Waals surface area contributed by atoms with E-state index in [-0.39, 0.29) is 12.3 Å². The number of carbonyl (C=O) groups is 1. The minimum Gasteiger partial charge on any atom is -0.476 e. The van der Waals surface area contributed by atoms with Gasteiger partial charge in [0.05, 0.1) is 19.0 Å². The number of aliphatic hydroxyl groups is 1. The van der Waals surface area contributed by atoms with Gasteiger partial charge in [-0.15, -0.1) is 0 Å². The predicted octanol–water partition coefficient (Wildman–Crippen LogP) is 0.384. The van der Waals surface area contributed by atoms with Gasteiger partial charge in [-0.05, 0) is 6.42 Å². The molecule has 88 valence electrons. The van der Waals surface area contributed by atoms with Crippen LogP contribution in [-0.4, -0.2) is 45.8 Å². The molecule has 1 heterocycles. The normalized spacial score (nSPS) is 10.1. The lowest BCUT2D eigenvalue weighted by atomic mass is 10.4. The van der Waals surface area contributed by atoms with Crippen LogP contribution in [0.1, 0.15) is 23.8 Å². The van der Waals surface area contributed by atoms with E-state index in [1.807, 2.05) is 11.8 Å². The third-order valence-electron chi connectivity index (χ3n) is 2.04. The Kier molecular flexibility index (Phi) is 4.65. The molecule has 0 fully saturated rings. The van der Waals surface area contributed by atoms with E-state index >= 15 is 0 Å². The van der Waals surface area contributed by atoms with Gasteiger partial charge in [-0.1, -0.05) is 6.92 Å². The van der Waals surface area contributed by atoms with E-state index in [9.17, 15) is 4.79 Å². The monoisotopic (exact) mass is 225 g/mol. The maximum Gasteiger partial charge on any atom is 0.356 e. The summed E-state index contributed by atoms with van der Waals surface area (Å²) in [6, 6.07) is 0. The first-order valence-corrected chi connectivity index (χ1v) is 5.10. The van der Waals surface area contributed by atoms with Crippen molar-refractivity contribution in [3.63, 3.8) is 0 Å². The Morgan fingerprint density at radius 1 is 1.38 bits per heavy atom. The highest BCUT2D eigenvalue weighted by molar-refractivity contribution is 5.84. The van der Waals surface area contributed by atoms with Crippen molar-refractivity contribution in [3.05, 3.63) is 18.1 Å². The summed E-state index contributed by atoms with van der Waals surface area (Å²) in [4.78, 5) is 20.2. The average molecular weight is 225 g/mol. The van der Waals surface area contributed by atoms with Gasteiger partial charge in [0.25, 0.3) is 0 Å². The second kappa shape index (κ2) is 6.02. The third kappa shape index (κ3) is 3.16. The van der Waals surface area contributed by atoms with Gasteiger partial charge >= 0.3 is 5.97 Å². The Morgan fingerprint density at radius 2 is 2.12 bits per heavy atom. The van der Waals surface area contributed by atoms with Crippen molar-refractivity contribution in [3.8, 4) is 0 Å². The number of carboxylic acids is 1. The number of hydrogen-bond donors (Lipinski definition) is 2. The smallest absolute Gasteiger partial charge is 0.356 e. The Balaban J connectivity index is 2.80. The van der Waals surface area contributed by atoms with Crippen molar-refractivity contribution in [1.82, 2.24) is 9.97 Å². The molecular weight excluding hydrogens is 210 g/mol. The molecule has 0 saturated heterocycles. The molecule has 0 saturated carbocycles. The van der Waals surface area contributed by atoms with Crippen LogP contribution < -0.4 is 4.90 Å². The van der Waals surface area contributed by atoms with Crippen LogP contribution in [0.15, 0.2) is 12.4 Å². The van der Waals surface area contributed by atoms with E-state index in [2.05, 4.69) is 9.97 Å². The Labute approximate surface area is 93.6 Å². The second-order valence-corrected chi connectivity index (χ2v) is 3.28. The molecule has 1 aromatic rings. The molecule has 0 aromatic carbocycles. The van der Waals surface area contributed by atoms with E-state index in [0.717, 1.165) is 13.0 Å². The van der Waals surface area contributed by atoms with Gasteiger partial charge in [-0.3, -0.25) is 0 Å². The summed E-state index contributed by atoms with van der Waals surface area (Å²) in [7, 11) is 0. The van der Waals surface area contributed by atoms with Gasteiger partial charge in [0.1, 0.15) is 5.82 Å². The number of rotatable bonds is 6. The lowest BCUT2D eigenvalue weighted by Crippen LogP contribution is -2.28.